The first kappa shape index (κ1) is 13.0. The maximum atomic E-state index is 4.31. The van der Waals surface area contributed by atoms with Crippen LogP contribution in [0.2, 0.25) is 0 Å². The van der Waals surface area contributed by atoms with Crippen molar-refractivity contribution in [2.75, 3.05) is 7.05 Å². The van der Waals surface area contributed by atoms with Gasteiger partial charge in [-0.15, -0.1) is 22.7 Å². The van der Waals surface area contributed by atoms with Crippen LogP contribution in [-0.4, -0.2) is 18.0 Å². The van der Waals surface area contributed by atoms with E-state index in [0.29, 0.717) is 6.54 Å². The average Bonchev–Trinajstić information content (AvgIpc) is 3.01. The van der Waals surface area contributed by atoms with Crippen LogP contribution in [-0.2, 0) is 13.1 Å². The number of hydrogen-bond donors (Lipinski definition) is 2. The molecular weight excluding hydrogens is 264 g/mol. The summed E-state index contributed by atoms with van der Waals surface area (Å²) < 4.78 is 0. The Kier molecular flexibility index (Phi) is 4.72. The second-order valence-electron chi connectivity index (χ2n) is 3.72. The van der Waals surface area contributed by atoms with E-state index in [1.54, 1.807) is 29.7 Å². The van der Waals surface area contributed by atoms with Gasteiger partial charge < -0.3 is 10.6 Å². The van der Waals surface area contributed by atoms with E-state index in [-0.39, 0.29) is 0 Å². The third kappa shape index (κ3) is 3.82. The van der Waals surface area contributed by atoms with Gasteiger partial charge in [-0.05, 0) is 18.4 Å². The van der Waals surface area contributed by atoms with Crippen LogP contribution in [0.25, 0.3) is 0 Å². The van der Waals surface area contributed by atoms with Crippen LogP contribution in [0, 0.1) is 6.92 Å². The van der Waals surface area contributed by atoms with Crippen LogP contribution in [0.4, 0.5) is 0 Å². The normalized spacial score (nSPS) is 11.6. The van der Waals surface area contributed by atoms with Crippen LogP contribution in [0.15, 0.2) is 28.7 Å². The highest BCUT2D eigenvalue weighted by Crippen LogP contribution is 2.10. The van der Waals surface area contributed by atoms with Crippen molar-refractivity contribution < 1.29 is 0 Å². The van der Waals surface area contributed by atoms with Gasteiger partial charge in [0.15, 0.2) is 5.96 Å². The van der Waals surface area contributed by atoms with Crippen molar-refractivity contribution in [3.63, 3.8) is 0 Å². The van der Waals surface area contributed by atoms with E-state index in [0.717, 1.165) is 17.5 Å². The van der Waals surface area contributed by atoms with Crippen LogP contribution >= 0.6 is 22.7 Å². The summed E-state index contributed by atoms with van der Waals surface area (Å²) in [6.45, 7) is 3.57. The van der Waals surface area contributed by atoms with E-state index >= 15 is 0 Å². The van der Waals surface area contributed by atoms with Crippen molar-refractivity contribution in [2.24, 2.45) is 4.99 Å². The Bertz CT molecular complexity index is 502. The number of guanidine groups is 1. The Balaban J connectivity index is 1.79. The molecular formula is C12H16N4S2. The fraction of sp³-hybridized carbons (Fsp3) is 0.333. The molecule has 0 spiro atoms. The number of hydrogen-bond acceptors (Lipinski definition) is 4. The zero-order valence-electron chi connectivity index (χ0n) is 10.4. The van der Waals surface area contributed by atoms with Crippen LogP contribution in [0.3, 0.4) is 0 Å². The molecule has 2 heterocycles. The summed E-state index contributed by atoms with van der Waals surface area (Å²) >= 11 is 3.44. The molecule has 2 aromatic rings. The van der Waals surface area contributed by atoms with Gasteiger partial charge in [0, 0.05) is 23.0 Å². The van der Waals surface area contributed by atoms with Crippen molar-refractivity contribution in [3.05, 3.63) is 38.5 Å². The van der Waals surface area contributed by atoms with Gasteiger partial charge in [0.25, 0.3) is 0 Å². The molecule has 0 amide bonds. The molecule has 0 bridgehead atoms. The van der Waals surface area contributed by atoms with Crippen LogP contribution < -0.4 is 10.6 Å². The number of nitrogens with one attached hydrogen (secondary N) is 2. The first-order chi connectivity index (χ1) is 8.78. The number of aryl methyl sites for hydroxylation is 1. The van der Waals surface area contributed by atoms with Crippen molar-refractivity contribution >= 4 is 28.6 Å². The Morgan fingerprint density at radius 3 is 2.83 bits per heavy atom. The topological polar surface area (TPSA) is 49.3 Å². The molecule has 6 heteroatoms. The molecule has 0 unspecified atom stereocenters. The van der Waals surface area contributed by atoms with Crippen molar-refractivity contribution in [1.29, 1.82) is 0 Å². The van der Waals surface area contributed by atoms with Crippen LogP contribution in [0.5, 0.6) is 0 Å². The molecule has 0 aliphatic rings. The fourth-order valence-corrected chi connectivity index (χ4v) is 2.82. The van der Waals surface area contributed by atoms with Gasteiger partial charge in [-0.2, -0.15) is 0 Å². The fourth-order valence-electron chi connectivity index (χ4n) is 1.45. The largest absolute Gasteiger partial charge is 0.352 e. The predicted molar refractivity (Wildman–Crippen MR) is 78.2 cm³/mol. The molecule has 0 atom stereocenters. The van der Waals surface area contributed by atoms with Gasteiger partial charge in [0.1, 0.15) is 5.01 Å². The predicted octanol–water partition coefficient (Wildman–Crippen LogP) is 2.38. The summed E-state index contributed by atoms with van der Waals surface area (Å²) in [6.07, 6.45) is 1.89. The van der Waals surface area contributed by atoms with Gasteiger partial charge in [0.05, 0.1) is 13.1 Å². The molecule has 0 aliphatic heterocycles. The highest BCUT2D eigenvalue weighted by Gasteiger charge is 2.01. The molecule has 2 rings (SSSR count). The zero-order valence-corrected chi connectivity index (χ0v) is 12.1. The molecule has 18 heavy (non-hydrogen) atoms. The summed E-state index contributed by atoms with van der Waals surface area (Å²) in [5.41, 5.74) is 0. The van der Waals surface area contributed by atoms with Gasteiger partial charge >= 0.3 is 0 Å². The standard InChI is InChI=1S/C12H16N4S2/c1-9-6-14-11(18-9)8-16-12(13-2)15-7-10-4-3-5-17-10/h3-6H,7-8H2,1-2H3,(H2,13,15,16). The van der Waals surface area contributed by atoms with Gasteiger partial charge in [-0.3, -0.25) is 4.99 Å². The zero-order chi connectivity index (χ0) is 12.8. The Hall–Kier alpha value is -1.40. The van der Waals surface area contributed by atoms with E-state index in [9.17, 15) is 0 Å². The molecule has 0 fully saturated rings. The molecule has 2 aromatic heterocycles. The number of rotatable bonds is 4. The number of thiazole rings is 1. The minimum Gasteiger partial charge on any atom is -0.352 e. The highest BCUT2D eigenvalue weighted by molar-refractivity contribution is 7.11. The van der Waals surface area contributed by atoms with E-state index in [1.807, 2.05) is 6.20 Å². The van der Waals surface area contributed by atoms with E-state index in [4.69, 9.17) is 0 Å². The lowest BCUT2D eigenvalue weighted by molar-refractivity contribution is 0.811. The van der Waals surface area contributed by atoms with Crippen molar-refractivity contribution in [1.82, 2.24) is 15.6 Å². The summed E-state index contributed by atoms with van der Waals surface area (Å²) in [5.74, 6) is 0.802. The van der Waals surface area contributed by atoms with Crippen molar-refractivity contribution in [3.8, 4) is 0 Å². The van der Waals surface area contributed by atoms with Crippen LogP contribution in [0.1, 0.15) is 14.8 Å². The summed E-state index contributed by atoms with van der Waals surface area (Å²) in [4.78, 5) is 11.0. The number of aliphatic imine (C=N–C) groups is 1. The lowest BCUT2D eigenvalue weighted by atomic mass is 10.5. The Labute approximate surface area is 115 Å². The van der Waals surface area contributed by atoms with Gasteiger partial charge in [-0.1, -0.05) is 6.07 Å². The first-order valence-corrected chi connectivity index (χ1v) is 7.36. The number of nitrogens with zero attached hydrogens (tertiary/aromatic N) is 2. The minimum atomic E-state index is 0.711. The third-order valence-electron chi connectivity index (χ3n) is 2.31. The average molecular weight is 280 g/mol. The van der Waals surface area contributed by atoms with E-state index in [2.05, 4.69) is 45.0 Å². The third-order valence-corrected chi connectivity index (χ3v) is 4.10. The smallest absolute Gasteiger partial charge is 0.191 e. The summed E-state index contributed by atoms with van der Waals surface area (Å²) in [7, 11) is 1.77. The van der Waals surface area contributed by atoms with Gasteiger partial charge in [0.2, 0.25) is 0 Å². The highest BCUT2D eigenvalue weighted by atomic mass is 32.1. The Morgan fingerprint density at radius 2 is 2.22 bits per heavy atom. The first-order valence-electron chi connectivity index (χ1n) is 5.66. The van der Waals surface area contributed by atoms with E-state index < -0.39 is 0 Å². The molecule has 0 saturated carbocycles. The molecule has 0 aliphatic carbocycles. The second-order valence-corrected chi connectivity index (χ2v) is 6.07. The quantitative estimate of drug-likeness (QED) is 0.668. The molecule has 96 valence electrons. The number of thiophene rings is 1. The molecule has 2 N–H and O–H groups in total. The lowest BCUT2D eigenvalue weighted by Crippen LogP contribution is -2.36. The Morgan fingerprint density at radius 1 is 1.39 bits per heavy atom. The second kappa shape index (κ2) is 6.51. The molecule has 0 radical (unpaired) electrons. The molecule has 4 nitrogen and oxygen atoms in total. The lowest BCUT2D eigenvalue weighted by Gasteiger charge is -2.09. The maximum absolute atomic E-state index is 4.31. The molecule has 0 saturated heterocycles. The number of aromatic nitrogens is 1. The summed E-state index contributed by atoms with van der Waals surface area (Å²) in [5, 5.41) is 9.68. The summed E-state index contributed by atoms with van der Waals surface area (Å²) in [6, 6.07) is 4.16. The molecule has 0 aromatic carbocycles. The van der Waals surface area contributed by atoms with E-state index in [1.165, 1.54) is 9.75 Å². The van der Waals surface area contributed by atoms with Crippen molar-refractivity contribution in [2.45, 2.75) is 20.0 Å². The monoisotopic (exact) mass is 280 g/mol. The minimum absolute atomic E-state index is 0.711. The SMILES string of the molecule is CN=C(NCc1cccs1)NCc1ncc(C)s1. The maximum Gasteiger partial charge on any atom is 0.191 e. The van der Waals surface area contributed by atoms with Gasteiger partial charge in [-0.25, -0.2) is 4.98 Å².